The maximum atomic E-state index is 13.8. The fourth-order valence-corrected chi connectivity index (χ4v) is 3.52. The number of nitrogens with one attached hydrogen (secondary N) is 1. The van der Waals surface area contributed by atoms with Crippen molar-refractivity contribution in [2.75, 3.05) is 5.32 Å². The summed E-state index contributed by atoms with van der Waals surface area (Å²) in [6.45, 7) is 2.28. The number of aromatic nitrogens is 2. The van der Waals surface area contributed by atoms with Crippen LogP contribution in [0, 0.1) is 5.82 Å². The Morgan fingerprint density at radius 3 is 2.69 bits per heavy atom. The lowest BCUT2D eigenvalue weighted by Crippen LogP contribution is -2.15. The van der Waals surface area contributed by atoms with Gasteiger partial charge in [0.05, 0.1) is 11.1 Å². The maximum Gasteiger partial charge on any atom is 0.238 e. The Morgan fingerprint density at radius 1 is 1.23 bits per heavy atom. The Bertz CT molecular complexity index is 1030. The highest BCUT2D eigenvalue weighted by Gasteiger charge is 2.14. The first kappa shape index (κ1) is 18.1. The van der Waals surface area contributed by atoms with Crippen LogP contribution < -0.4 is 10.5 Å². The Balaban J connectivity index is 1.77. The van der Waals surface area contributed by atoms with Gasteiger partial charge in [0.15, 0.2) is 0 Å². The van der Waals surface area contributed by atoms with E-state index in [0.717, 1.165) is 5.56 Å². The number of nitrogens with two attached hydrogens (primary N) is 1. The number of aryl methyl sites for hydroxylation is 1. The summed E-state index contributed by atoms with van der Waals surface area (Å²) in [5, 5.41) is 12.6. The van der Waals surface area contributed by atoms with Gasteiger partial charge < -0.3 is 5.32 Å². The summed E-state index contributed by atoms with van der Waals surface area (Å²) in [7, 11) is -3.79. The van der Waals surface area contributed by atoms with Crippen LogP contribution in [0.3, 0.4) is 0 Å². The first-order valence-corrected chi connectivity index (χ1v) is 9.61. The molecular formula is C18H19FN4O2S. The van der Waals surface area contributed by atoms with Crippen molar-refractivity contribution in [1.82, 2.24) is 9.78 Å². The third kappa shape index (κ3) is 3.92. The largest absolute Gasteiger partial charge is 0.381 e. The maximum absolute atomic E-state index is 13.8. The van der Waals surface area contributed by atoms with Crippen molar-refractivity contribution in [3.63, 3.8) is 0 Å². The second-order valence-electron chi connectivity index (χ2n) is 5.82. The Labute approximate surface area is 151 Å². The van der Waals surface area contributed by atoms with Gasteiger partial charge in [-0.2, -0.15) is 5.10 Å². The van der Waals surface area contributed by atoms with E-state index in [1.807, 2.05) is 6.92 Å². The van der Waals surface area contributed by atoms with Gasteiger partial charge in [-0.1, -0.05) is 25.1 Å². The Morgan fingerprint density at radius 2 is 2.00 bits per heavy atom. The molecule has 3 N–H and O–H groups in total. The molecule has 136 valence electrons. The van der Waals surface area contributed by atoms with E-state index in [1.165, 1.54) is 16.8 Å². The fourth-order valence-electron chi connectivity index (χ4n) is 2.65. The smallest absolute Gasteiger partial charge is 0.238 e. The summed E-state index contributed by atoms with van der Waals surface area (Å²) in [5.74, 6) is -0.358. The summed E-state index contributed by atoms with van der Waals surface area (Å²) >= 11 is 0. The third-order valence-corrected chi connectivity index (χ3v) is 4.98. The van der Waals surface area contributed by atoms with Crippen LogP contribution in [0.25, 0.3) is 5.69 Å². The van der Waals surface area contributed by atoms with Crippen LogP contribution in [-0.4, -0.2) is 18.2 Å². The summed E-state index contributed by atoms with van der Waals surface area (Å²) in [5.41, 5.74) is 2.49. The molecule has 0 fully saturated rings. The molecule has 3 aromatic rings. The molecule has 0 unspecified atom stereocenters. The van der Waals surface area contributed by atoms with Crippen LogP contribution >= 0.6 is 0 Å². The minimum Gasteiger partial charge on any atom is -0.381 e. The second kappa shape index (κ2) is 7.27. The van der Waals surface area contributed by atoms with Crippen molar-refractivity contribution in [2.45, 2.75) is 24.8 Å². The lowest BCUT2D eigenvalue weighted by Gasteiger charge is -2.10. The van der Waals surface area contributed by atoms with E-state index < -0.39 is 10.0 Å². The molecule has 0 bridgehead atoms. The highest BCUT2D eigenvalue weighted by molar-refractivity contribution is 7.89. The number of hydrogen-bond donors (Lipinski definition) is 2. The standard InChI is InChI=1S/C18H19FN4O2S/c1-2-14-7-8-15(9-18(14)26(20,24)25)21-10-13-11-22-23(12-13)17-6-4-3-5-16(17)19/h3-9,11-12,21H,2,10H2,1H3,(H2,20,24,25). The van der Waals surface area contributed by atoms with E-state index in [0.29, 0.717) is 29.9 Å². The Kier molecular flexibility index (Phi) is 5.06. The van der Waals surface area contributed by atoms with E-state index in [9.17, 15) is 12.8 Å². The molecule has 8 heteroatoms. The van der Waals surface area contributed by atoms with Gasteiger partial charge in [0.25, 0.3) is 0 Å². The van der Waals surface area contributed by atoms with Crippen LogP contribution in [-0.2, 0) is 23.0 Å². The van der Waals surface area contributed by atoms with Crippen LogP contribution in [0.15, 0.2) is 59.8 Å². The molecular weight excluding hydrogens is 355 g/mol. The molecule has 0 aliphatic heterocycles. The van der Waals surface area contributed by atoms with Crippen molar-refractivity contribution in [2.24, 2.45) is 5.14 Å². The first-order valence-electron chi connectivity index (χ1n) is 8.06. The molecule has 0 amide bonds. The van der Waals surface area contributed by atoms with Gasteiger partial charge >= 0.3 is 0 Å². The predicted octanol–water partition coefficient (Wildman–Crippen LogP) is 2.83. The zero-order valence-electron chi connectivity index (χ0n) is 14.2. The zero-order chi connectivity index (χ0) is 18.7. The van der Waals surface area contributed by atoms with E-state index >= 15 is 0 Å². The number of halogens is 1. The quantitative estimate of drug-likeness (QED) is 0.694. The summed E-state index contributed by atoms with van der Waals surface area (Å²) < 4.78 is 38.7. The normalized spacial score (nSPS) is 11.5. The number of hydrogen-bond acceptors (Lipinski definition) is 4. The van der Waals surface area contributed by atoms with Crippen molar-refractivity contribution in [3.05, 3.63) is 71.8 Å². The average Bonchev–Trinajstić information content (AvgIpc) is 3.08. The first-order chi connectivity index (χ1) is 12.4. The number of sulfonamides is 1. The molecule has 1 aromatic heterocycles. The molecule has 2 aromatic carbocycles. The SMILES string of the molecule is CCc1ccc(NCc2cnn(-c3ccccc3F)c2)cc1S(N)(=O)=O. The topological polar surface area (TPSA) is 90.0 Å². The fraction of sp³-hybridized carbons (Fsp3) is 0.167. The number of primary sulfonamides is 1. The summed E-state index contributed by atoms with van der Waals surface area (Å²) in [6, 6.07) is 11.4. The van der Waals surface area contributed by atoms with E-state index in [4.69, 9.17) is 5.14 Å². The van der Waals surface area contributed by atoms with Gasteiger partial charge in [0.2, 0.25) is 10.0 Å². The van der Waals surface area contributed by atoms with Gasteiger partial charge in [-0.25, -0.2) is 22.6 Å². The van der Waals surface area contributed by atoms with E-state index in [2.05, 4.69) is 10.4 Å². The molecule has 0 saturated carbocycles. The second-order valence-corrected chi connectivity index (χ2v) is 7.35. The average molecular weight is 374 g/mol. The highest BCUT2D eigenvalue weighted by Crippen LogP contribution is 2.21. The highest BCUT2D eigenvalue weighted by atomic mass is 32.2. The molecule has 0 spiro atoms. The molecule has 6 nitrogen and oxygen atoms in total. The van der Waals surface area contributed by atoms with Crippen LogP contribution in [0.2, 0.25) is 0 Å². The lowest BCUT2D eigenvalue weighted by molar-refractivity contribution is 0.596. The van der Waals surface area contributed by atoms with E-state index in [1.54, 1.807) is 42.7 Å². The van der Waals surface area contributed by atoms with Crippen LogP contribution in [0.4, 0.5) is 10.1 Å². The van der Waals surface area contributed by atoms with Gasteiger partial charge in [0.1, 0.15) is 11.5 Å². The Hall–Kier alpha value is -2.71. The minimum atomic E-state index is -3.79. The molecule has 1 heterocycles. The molecule has 0 radical (unpaired) electrons. The zero-order valence-corrected chi connectivity index (χ0v) is 15.0. The molecule has 0 aliphatic rings. The van der Waals surface area contributed by atoms with Crippen LogP contribution in [0.1, 0.15) is 18.1 Å². The van der Waals surface area contributed by atoms with Crippen molar-refractivity contribution in [3.8, 4) is 5.69 Å². The van der Waals surface area contributed by atoms with Gasteiger partial charge in [-0.3, -0.25) is 0 Å². The van der Waals surface area contributed by atoms with Crippen LogP contribution in [0.5, 0.6) is 0 Å². The van der Waals surface area contributed by atoms with Gasteiger partial charge in [0, 0.05) is 24.0 Å². The minimum absolute atomic E-state index is 0.118. The van der Waals surface area contributed by atoms with E-state index in [-0.39, 0.29) is 10.7 Å². The third-order valence-electron chi connectivity index (χ3n) is 3.99. The van der Waals surface area contributed by atoms with Crippen molar-refractivity contribution in [1.29, 1.82) is 0 Å². The predicted molar refractivity (Wildman–Crippen MR) is 98.0 cm³/mol. The number of anilines is 1. The summed E-state index contributed by atoms with van der Waals surface area (Å²) in [4.78, 5) is 0.118. The molecule has 0 saturated heterocycles. The number of rotatable bonds is 6. The van der Waals surface area contributed by atoms with Crippen molar-refractivity contribution < 1.29 is 12.8 Å². The summed E-state index contributed by atoms with van der Waals surface area (Å²) in [6.07, 6.45) is 3.91. The van der Waals surface area contributed by atoms with Crippen molar-refractivity contribution >= 4 is 15.7 Å². The number of nitrogens with zero attached hydrogens (tertiary/aromatic N) is 2. The molecule has 0 atom stereocenters. The monoisotopic (exact) mass is 374 g/mol. The number of benzene rings is 2. The van der Waals surface area contributed by atoms with Gasteiger partial charge in [-0.05, 0) is 36.2 Å². The molecule has 3 rings (SSSR count). The lowest BCUT2D eigenvalue weighted by atomic mass is 10.1. The molecule has 26 heavy (non-hydrogen) atoms. The molecule has 0 aliphatic carbocycles. The van der Waals surface area contributed by atoms with Gasteiger partial charge in [-0.15, -0.1) is 0 Å². The number of para-hydroxylation sites is 1.